The van der Waals surface area contributed by atoms with Crippen LogP contribution in [-0.4, -0.2) is 23.9 Å². The maximum absolute atomic E-state index is 4.41. The van der Waals surface area contributed by atoms with Crippen molar-refractivity contribution in [2.75, 3.05) is 0 Å². The first-order chi connectivity index (χ1) is 11.9. The molecule has 6 heteroatoms. The van der Waals surface area contributed by atoms with E-state index in [1.165, 1.54) is 10.2 Å². The average Bonchev–Trinajstić information content (AvgIpc) is 3.31. The quantitative estimate of drug-likeness (QED) is 0.779. The summed E-state index contributed by atoms with van der Waals surface area (Å²) in [5, 5.41) is 20.3. The van der Waals surface area contributed by atoms with Gasteiger partial charge in [0, 0.05) is 31.5 Å². The van der Waals surface area contributed by atoms with Gasteiger partial charge in [0.2, 0.25) is 0 Å². The average molecular weight is 314 g/mol. The Morgan fingerprint density at radius 3 is 1.42 bits per heavy atom. The lowest BCUT2D eigenvalue weighted by Crippen LogP contribution is -2.10. The predicted octanol–water partition coefficient (Wildman–Crippen LogP) is 2.55. The van der Waals surface area contributed by atoms with Crippen molar-refractivity contribution in [3.05, 3.63) is 84.2 Å². The standard InChI is InChI=1S/C18H14N6/c1-3-7-15(8-4-1)17-13-19-23(21-17)11-12-24-20-14-18(22-24)16-9-5-2-6-10-16/h1-14H/q+2. The number of hydrogen-bond acceptors (Lipinski definition) is 6. The van der Waals surface area contributed by atoms with Crippen LogP contribution in [0.15, 0.2) is 93.5 Å². The van der Waals surface area contributed by atoms with Gasteiger partial charge in [0.15, 0.2) is 21.7 Å². The molecule has 2 heterocycles. The lowest BCUT2D eigenvalue weighted by molar-refractivity contribution is 0.561. The largest absolute Gasteiger partial charge is 0.275 e. The SMILES string of the molecule is C(=C[N+]1N=CC(c2ccccc2)=N1)[N+]1N=CC(c2ccccc2)=N1. The molecule has 0 fully saturated rings. The Morgan fingerprint density at radius 1 is 0.583 bits per heavy atom. The van der Waals surface area contributed by atoms with Gasteiger partial charge in [0.25, 0.3) is 12.4 Å². The van der Waals surface area contributed by atoms with Gasteiger partial charge in [-0.05, 0) is 0 Å². The second-order valence-corrected chi connectivity index (χ2v) is 5.13. The first-order valence-corrected chi connectivity index (χ1v) is 7.51. The van der Waals surface area contributed by atoms with Crippen molar-refractivity contribution in [1.82, 2.24) is 10.2 Å². The van der Waals surface area contributed by atoms with E-state index < -0.39 is 0 Å². The molecule has 114 valence electrons. The van der Waals surface area contributed by atoms with Crippen LogP contribution in [-0.2, 0) is 0 Å². The number of hydrogen-bond donors (Lipinski definition) is 0. The van der Waals surface area contributed by atoms with E-state index in [0.29, 0.717) is 0 Å². The Labute approximate surface area is 139 Å². The van der Waals surface area contributed by atoms with Crippen LogP contribution in [0.25, 0.3) is 0 Å². The number of hydrazone groups is 4. The molecule has 6 nitrogen and oxygen atoms in total. The van der Waals surface area contributed by atoms with Gasteiger partial charge in [-0.2, -0.15) is 0 Å². The Bertz CT molecular complexity index is 791. The highest BCUT2D eigenvalue weighted by atomic mass is 15.7. The summed E-state index contributed by atoms with van der Waals surface area (Å²) in [4.78, 5) is 0. The first-order valence-electron chi connectivity index (χ1n) is 7.51. The normalized spacial score (nSPS) is 17.7. The Morgan fingerprint density at radius 2 is 1.00 bits per heavy atom. The molecule has 0 amide bonds. The molecule has 0 aromatic heterocycles. The van der Waals surface area contributed by atoms with E-state index in [-0.39, 0.29) is 0 Å². The summed E-state index contributed by atoms with van der Waals surface area (Å²) < 4.78 is 0. The maximum atomic E-state index is 4.41. The van der Waals surface area contributed by atoms with Crippen molar-refractivity contribution >= 4 is 23.9 Å². The fourth-order valence-electron chi connectivity index (χ4n) is 2.30. The van der Waals surface area contributed by atoms with Gasteiger partial charge in [-0.25, -0.2) is 0 Å². The third-order valence-electron chi connectivity index (χ3n) is 3.49. The fourth-order valence-corrected chi connectivity index (χ4v) is 2.30. The predicted molar refractivity (Wildman–Crippen MR) is 96.3 cm³/mol. The smallest absolute Gasteiger partial charge is 0.0622 e. The Kier molecular flexibility index (Phi) is 3.89. The lowest BCUT2D eigenvalue weighted by atomic mass is 10.1. The number of benzene rings is 2. The summed E-state index contributed by atoms with van der Waals surface area (Å²) in [6, 6.07) is 19.8. The van der Waals surface area contributed by atoms with E-state index in [4.69, 9.17) is 0 Å². The second kappa shape index (κ2) is 6.49. The van der Waals surface area contributed by atoms with Crippen molar-refractivity contribution in [1.29, 1.82) is 0 Å². The summed E-state index contributed by atoms with van der Waals surface area (Å²) in [6.45, 7) is 0. The van der Waals surface area contributed by atoms with Crippen molar-refractivity contribution in [2.24, 2.45) is 20.4 Å². The van der Waals surface area contributed by atoms with Crippen LogP contribution in [0.3, 0.4) is 0 Å². The number of nitrogens with zero attached hydrogens (tertiary/aromatic N) is 6. The van der Waals surface area contributed by atoms with E-state index in [0.717, 1.165) is 22.6 Å². The molecule has 24 heavy (non-hydrogen) atoms. The minimum Gasteiger partial charge on any atom is -0.0622 e. The highest BCUT2D eigenvalue weighted by Crippen LogP contribution is 2.08. The summed E-state index contributed by atoms with van der Waals surface area (Å²) in [5.74, 6) is 0. The zero-order valence-corrected chi connectivity index (χ0v) is 12.8. The van der Waals surface area contributed by atoms with E-state index >= 15 is 0 Å². The van der Waals surface area contributed by atoms with Crippen LogP contribution in [0.1, 0.15) is 11.1 Å². The molecular formula is C18H14N6+2. The molecule has 2 aliphatic heterocycles. The third-order valence-corrected chi connectivity index (χ3v) is 3.49. The molecule has 0 saturated heterocycles. The Balaban J connectivity index is 1.44. The van der Waals surface area contributed by atoms with Crippen LogP contribution in [0.4, 0.5) is 0 Å². The van der Waals surface area contributed by atoms with Gasteiger partial charge in [-0.1, -0.05) is 60.7 Å². The maximum Gasteiger partial charge on any atom is 0.275 e. The zero-order valence-electron chi connectivity index (χ0n) is 12.8. The molecule has 0 N–H and O–H groups in total. The van der Waals surface area contributed by atoms with Gasteiger partial charge in [0.1, 0.15) is 12.4 Å². The molecule has 0 saturated carbocycles. The van der Waals surface area contributed by atoms with Crippen LogP contribution < -0.4 is 10.2 Å². The van der Waals surface area contributed by atoms with Gasteiger partial charge < -0.3 is 0 Å². The molecule has 0 spiro atoms. The molecule has 0 aliphatic carbocycles. The Hall–Kier alpha value is -3.22. The summed E-state index contributed by atoms with van der Waals surface area (Å²) in [6.07, 6.45) is 6.87. The number of rotatable bonds is 4. The molecule has 0 atom stereocenters. The zero-order chi connectivity index (χ0) is 16.2. The van der Waals surface area contributed by atoms with E-state index in [1.807, 2.05) is 60.7 Å². The summed E-state index contributed by atoms with van der Waals surface area (Å²) >= 11 is 0. The van der Waals surface area contributed by atoms with Crippen molar-refractivity contribution in [3.63, 3.8) is 0 Å². The van der Waals surface area contributed by atoms with Crippen LogP contribution in [0.2, 0.25) is 0 Å². The first kappa shape index (κ1) is 14.4. The van der Waals surface area contributed by atoms with Crippen LogP contribution in [0.5, 0.6) is 0 Å². The molecule has 2 aliphatic rings. The van der Waals surface area contributed by atoms with Crippen molar-refractivity contribution < 1.29 is 0 Å². The topological polar surface area (TPSA) is 61.2 Å². The monoisotopic (exact) mass is 314 g/mol. The van der Waals surface area contributed by atoms with E-state index in [9.17, 15) is 0 Å². The van der Waals surface area contributed by atoms with E-state index in [2.05, 4.69) is 20.4 Å². The highest BCUT2D eigenvalue weighted by Gasteiger charge is 2.26. The molecule has 2 aromatic carbocycles. The van der Waals surface area contributed by atoms with Gasteiger partial charge in [-0.3, -0.25) is 0 Å². The van der Waals surface area contributed by atoms with Crippen molar-refractivity contribution in [3.8, 4) is 0 Å². The van der Waals surface area contributed by atoms with Crippen LogP contribution in [0, 0.1) is 0 Å². The molecule has 0 bridgehead atoms. The molecule has 2 radical (unpaired) electrons. The molecule has 2 aromatic rings. The third kappa shape index (κ3) is 3.10. The van der Waals surface area contributed by atoms with Crippen LogP contribution >= 0.6 is 0 Å². The molecule has 4 rings (SSSR count). The second-order valence-electron chi connectivity index (χ2n) is 5.13. The molecule has 0 unspecified atom stereocenters. The molecular weight excluding hydrogens is 300 g/mol. The fraction of sp³-hybridized carbons (Fsp3) is 0. The van der Waals surface area contributed by atoms with Gasteiger partial charge in [-0.15, -0.1) is 0 Å². The van der Waals surface area contributed by atoms with Crippen molar-refractivity contribution in [2.45, 2.75) is 0 Å². The van der Waals surface area contributed by atoms with E-state index in [1.54, 1.807) is 24.8 Å². The van der Waals surface area contributed by atoms with Gasteiger partial charge in [0.05, 0.1) is 0 Å². The van der Waals surface area contributed by atoms with Gasteiger partial charge >= 0.3 is 0 Å². The lowest BCUT2D eigenvalue weighted by Gasteiger charge is -1.91. The minimum atomic E-state index is 0.818. The minimum absolute atomic E-state index is 0.818. The summed E-state index contributed by atoms with van der Waals surface area (Å²) in [7, 11) is 0. The highest BCUT2D eigenvalue weighted by molar-refractivity contribution is 6.39. The summed E-state index contributed by atoms with van der Waals surface area (Å²) in [5.41, 5.74) is 3.69.